The van der Waals surface area contributed by atoms with Crippen LogP contribution in [0.15, 0.2) is 72.8 Å². The molecule has 6 heteroatoms. The molecule has 1 heterocycles. The maximum atomic E-state index is 5.80. The van der Waals surface area contributed by atoms with Crippen LogP contribution in [-0.2, 0) is 6.61 Å². The first-order chi connectivity index (χ1) is 13.8. The second kappa shape index (κ2) is 8.63. The van der Waals surface area contributed by atoms with Gasteiger partial charge in [-0.3, -0.25) is 0 Å². The fraction of sp³-hybridized carbons (Fsp3) is 0.136. The summed E-state index contributed by atoms with van der Waals surface area (Å²) in [5.41, 5.74) is 2.85. The molecule has 3 aromatic rings. The van der Waals surface area contributed by atoms with Gasteiger partial charge in [0.05, 0.1) is 0 Å². The fourth-order valence-electron chi connectivity index (χ4n) is 2.79. The molecule has 5 nitrogen and oxygen atoms in total. The van der Waals surface area contributed by atoms with Crippen molar-refractivity contribution in [3.63, 3.8) is 0 Å². The van der Waals surface area contributed by atoms with E-state index in [1.54, 1.807) is 0 Å². The number of hydrogen-bond acceptors (Lipinski definition) is 4. The molecule has 0 saturated carbocycles. The lowest BCUT2D eigenvalue weighted by molar-refractivity contribution is 0.171. The van der Waals surface area contributed by atoms with Crippen molar-refractivity contribution >= 4 is 28.7 Å². The van der Waals surface area contributed by atoms with Gasteiger partial charge in [-0.1, -0.05) is 30.3 Å². The van der Waals surface area contributed by atoms with Crippen LogP contribution in [0.3, 0.4) is 0 Å². The maximum absolute atomic E-state index is 5.80. The number of benzene rings is 3. The van der Waals surface area contributed by atoms with Gasteiger partial charge in [-0.05, 0) is 54.2 Å². The Morgan fingerprint density at radius 1 is 0.821 bits per heavy atom. The number of anilines is 2. The number of thiocarbonyl (C=S) groups is 1. The predicted molar refractivity (Wildman–Crippen MR) is 114 cm³/mol. The van der Waals surface area contributed by atoms with Gasteiger partial charge < -0.3 is 24.8 Å². The van der Waals surface area contributed by atoms with E-state index in [4.69, 9.17) is 26.4 Å². The molecule has 142 valence electrons. The normalized spacial score (nSPS) is 12.1. The largest absolute Gasteiger partial charge is 0.489 e. The van der Waals surface area contributed by atoms with Gasteiger partial charge in [0.1, 0.15) is 25.6 Å². The van der Waals surface area contributed by atoms with Crippen LogP contribution < -0.4 is 24.8 Å². The molecule has 0 fully saturated rings. The van der Waals surface area contributed by atoms with Gasteiger partial charge >= 0.3 is 0 Å². The van der Waals surface area contributed by atoms with E-state index in [1.165, 1.54) is 0 Å². The van der Waals surface area contributed by atoms with Crippen LogP contribution >= 0.6 is 12.2 Å². The summed E-state index contributed by atoms with van der Waals surface area (Å²) in [7, 11) is 0. The van der Waals surface area contributed by atoms with Crippen LogP contribution in [0.2, 0.25) is 0 Å². The van der Waals surface area contributed by atoms with E-state index in [0.29, 0.717) is 24.9 Å². The lowest BCUT2D eigenvalue weighted by Crippen LogP contribution is -2.20. The van der Waals surface area contributed by atoms with E-state index in [-0.39, 0.29) is 0 Å². The number of nitrogens with one attached hydrogen (secondary N) is 2. The van der Waals surface area contributed by atoms with E-state index in [0.717, 1.165) is 34.2 Å². The highest BCUT2D eigenvalue weighted by atomic mass is 32.1. The van der Waals surface area contributed by atoms with Gasteiger partial charge in [0, 0.05) is 17.4 Å². The summed E-state index contributed by atoms with van der Waals surface area (Å²) in [6, 6.07) is 23.4. The highest BCUT2D eigenvalue weighted by Crippen LogP contribution is 2.32. The summed E-state index contributed by atoms with van der Waals surface area (Å²) < 4.78 is 16.9. The van der Waals surface area contributed by atoms with E-state index < -0.39 is 0 Å². The molecule has 0 spiro atoms. The Kier molecular flexibility index (Phi) is 5.58. The molecule has 0 saturated heterocycles. The van der Waals surface area contributed by atoms with Gasteiger partial charge in [0.2, 0.25) is 0 Å². The Morgan fingerprint density at radius 2 is 1.50 bits per heavy atom. The lowest BCUT2D eigenvalue weighted by atomic mass is 10.2. The van der Waals surface area contributed by atoms with Crippen molar-refractivity contribution in [3.8, 4) is 17.2 Å². The van der Waals surface area contributed by atoms with Gasteiger partial charge in [-0.15, -0.1) is 0 Å². The van der Waals surface area contributed by atoms with Gasteiger partial charge in [0.25, 0.3) is 0 Å². The second-order valence-corrected chi connectivity index (χ2v) is 6.64. The average molecular weight is 392 g/mol. The highest BCUT2D eigenvalue weighted by molar-refractivity contribution is 7.80. The Bertz CT molecular complexity index is 946. The average Bonchev–Trinajstić information content (AvgIpc) is 2.74. The summed E-state index contributed by atoms with van der Waals surface area (Å²) in [6.07, 6.45) is 0. The molecule has 0 radical (unpaired) electrons. The lowest BCUT2D eigenvalue weighted by Gasteiger charge is -2.19. The van der Waals surface area contributed by atoms with E-state index >= 15 is 0 Å². The van der Waals surface area contributed by atoms with Crippen molar-refractivity contribution in [1.82, 2.24) is 0 Å². The highest BCUT2D eigenvalue weighted by Gasteiger charge is 2.12. The first kappa shape index (κ1) is 18.1. The maximum Gasteiger partial charge on any atom is 0.175 e. The molecule has 0 unspecified atom stereocenters. The molecule has 0 amide bonds. The van der Waals surface area contributed by atoms with Crippen LogP contribution in [0.5, 0.6) is 17.2 Å². The van der Waals surface area contributed by atoms with Crippen LogP contribution in [-0.4, -0.2) is 18.3 Å². The molecule has 4 rings (SSSR count). The minimum Gasteiger partial charge on any atom is -0.489 e. The molecule has 2 N–H and O–H groups in total. The molecule has 3 aromatic carbocycles. The summed E-state index contributed by atoms with van der Waals surface area (Å²) in [5, 5.41) is 6.81. The van der Waals surface area contributed by atoms with Crippen LogP contribution in [0.25, 0.3) is 0 Å². The van der Waals surface area contributed by atoms with Crippen molar-refractivity contribution < 1.29 is 14.2 Å². The minimum absolute atomic E-state index is 0.495. The second-order valence-electron chi connectivity index (χ2n) is 6.24. The summed E-state index contributed by atoms with van der Waals surface area (Å²) in [6.45, 7) is 1.67. The van der Waals surface area contributed by atoms with E-state index in [9.17, 15) is 0 Å². The molecular formula is C22H20N2O3S. The zero-order valence-corrected chi connectivity index (χ0v) is 16.0. The molecule has 0 bridgehead atoms. The standard InChI is InChI=1S/C22H20N2O3S/c28-22(24-18-8-11-20-21(14-18)26-13-12-25-20)23-17-6-9-19(10-7-17)27-15-16-4-2-1-3-5-16/h1-11,14H,12-13,15H2,(H2,23,24,28). The van der Waals surface area contributed by atoms with Crippen LogP contribution in [0.1, 0.15) is 5.56 Å². The van der Waals surface area contributed by atoms with Crippen molar-refractivity contribution in [1.29, 1.82) is 0 Å². The number of hydrogen-bond donors (Lipinski definition) is 2. The van der Waals surface area contributed by atoms with Crippen molar-refractivity contribution in [2.45, 2.75) is 6.61 Å². The molecule has 0 aliphatic carbocycles. The molecule has 0 atom stereocenters. The smallest absolute Gasteiger partial charge is 0.175 e. The van der Waals surface area contributed by atoms with Crippen molar-refractivity contribution in [2.75, 3.05) is 23.8 Å². The molecule has 1 aliphatic rings. The molecule has 28 heavy (non-hydrogen) atoms. The van der Waals surface area contributed by atoms with E-state index in [2.05, 4.69) is 10.6 Å². The Hall–Kier alpha value is -3.25. The zero-order chi connectivity index (χ0) is 19.2. The van der Waals surface area contributed by atoms with Gasteiger partial charge in [-0.2, -0.15) is 0 Å². The van der Waals surface area contributed by atoms with Crippen molar-refractivity contribution in [2.24, 2.45) is 0 Å². The molecule has 1 aliphatic heterocycles. The van der Waals surface area contributed by atoms with Crippen molar-refractivity contribution in [3.05, 3.63) is 78.4 Å². The zero-order valence-electron chi connectivity index (χ0n) is 15.2. The number of fused-ring (bicyclic) bond motifs is 1. The Balaban J connectivity index is 1.30. The van der Waals surface area contributed by atoms with Gasteiger partial charge in [-0.25, -0.2) is 0 Å². The Labute approximate surface area is 169 Å². The third-order valence-electron chi connectivity index (χ3n) is 4.16. The number of ether oxygens (including phenoxy) is 3. The summed E-state index contributed by atoms with van der Waals surface area (Å²) in [5.74, 6) is 2.28. The number of rotatable bonds is 5. The molecular weight excluding hydrogens is 372 g/mol. The van der Waals surface area contributed by atoms with Crippen LogP contribution in [0, 0.1) is 0 Å². The Morgan fingerprint density at radius 3 is 2.29 bits per heavy atom. The minimum atomic E-state index is 0.495. The predicted octanol–water partition coefficient (Wildman–Crippen LogP) is 4.85. The van der Waals surface area contributed by atoms with E-state index in [1.807, 2.05) is 72.8 Å². The summed E-state index contributed by atoms with van der Waals surface area (Å²) in [4.78, 5) is 0. The first-order valence-corrected chi connectivity index (χ1v) is 9.41. The third-order valence-corrected chi connectivity index (χ3v) is 4.36. The topological polar surface area (TPSA) is 51.8 Å². The third kappa shape index (κ3) is 4.72. The van der Waals surface area contributed by atoms with Gasteiger partial charge in [0.15, 0.2) is 16.6 Å². The first-order valence-electron chi connectivity index (χ1n) is 9.01. The van der Waals surface area contributed by atoms with Crippen LogP contribution in [0.4, 0.5) is 11.4 Å². The monoisotopic (exact) mass is 392 g/mol. The SMILES string of the molecule is S=C(Nc1ccc(OCc2ccccc2)cc1)Nc1ccc2c(c1)OCCO2. The molecule has 0 aromatic heterocycles. The fourth-order valence-corrected chi connectivity index (χ4v) is 3.03. The quantitative estimate of drug-likeness (QED) is 0.606. The summed E-state index contributed by atoms with van der Waals surface area (Å²) >= 11 is 5.40.